The fourth-order valence-corrected chi connectivity index (χ4v) is 5.00. The Morgan fingerprint density at radius 3 is 2.53 bits per heavy atom. The van der Waals surface area contributed by atoms with Crippen LogP contribution in [0, 0.1) is 0 Å². The second-order valence-corrected chi connectivity index (χ2v) is 9.17. The van der Waals surface area contributed by atoms with E-state index in [9.17, 15) is 32.3 Å². The maximum Gasteiger partial charge on any atom is 0.416 e. The van der Waals surface area contributed by atoms with Gasteiger partial charge in [0.05, 0.1) is 17.6 Å². The van der Waals surface area contributed by atoms with Gasteiger partial charge < -0.3 is 9.64 Å². The molecule has 34 heavy (non-hydrogen) atoms. The molecule has 1 aromatic rings. The zero-order valence-electron chi connectivity index (χ0n) is 18.9. The summed E-state index contributed by atoms with van der Waals surface area (Å²) in [5, 5.41) is 0. The predicted octanol–water partition coefficient (Wildman–Crippen LogP) is 3.20. The zero-order chi connectivity index (χ0) is 24.7. The largest absolute Gasteiger partial charge is 0.464 e. The fraction of sp³-hybridized carbons (Fsp3) is 0.583. The molecular weight excluding hydrogens is 453 g/mol. The van der Waals surface area contributed by atoms with E-state index in [2.05, 4.69) is 0 Å². The summed E-state index contributed by atoms with van der Waals surface area (Å²) in [6, 6.07) is 3.21. The number of likely N-dealkylation sites (tertiary alicyclic amines) is 2. The number of imide groups is 1. The molecule has 4 rings (SSSR count). The Labute approximate surface area is 195 Å². The Morgan fingerprint density at radius 1 is 1.15 bits per heavy atom. The molecule has 2 saturated heterocycles. The van der Waals surface area contributed by atoms with Gasteiger partial charge in [0.15, 0.2) is 0 Å². The highest BCUT2D eigenvalue weighted by Crippen LogP contribution is 2.45. The molecule has 0 N–H and O–H groups in total. The summed E-state index contributed by atoms with van der Waals surface area (Å²) in [5.74, 6) is -2.22. The maximum absolute atomic E-state index is 13.6. The van der Waals surface area contributed by atoms with Gasteiger partial charge in [-0.05, 0) is 50.7 Å². The number of rotatable bonds is 6. The van der Waals surface area contributed by atoms with Crippen LogP contribution in [-0.4, -0.2) is 58.7 Å². The molecule has 2 aliphatic heterocycles. The number of benzene rings is 1. The number of esters is 1. The normalized spacial score (nSPS) is 25.6. The van der Waals surface area contributed by atoms with Gasteiger partial charge in [-0.3, -0.25) is 19.3 Å². The molecule has 0 aromatic heterocycles. The van der Waals surface area contributed by atoms with Crippen LogP contribution in [0.4, 0.5) is 13.2 Å². The highest BCUT2D eigenvalue weighted by Gasteiger charge is 2.58. The monoisotopic (exact) mass is 480 g/mol. The van der Waals surface area contributed by atoms with Crippen molar-refractivity contribution in [2.24, 2.45) is 0 Å². The molecule has 1 saturated carbocycles. The predicted molar refractivity (Wildman–Crippen MR) is 113 cm³/mol. The Hall–Kier alpha value is -2.91. The smallest absolute Gasteiger partial charge is 0.416 e. The lowest BCUT2D eigenvalue weighted by Crippen LogP contribution is -2.51. The number of alkyl halides is 3. The van der Waals surface area contributed by atoms with Gasteiger partial charge >= 0.3 is 12.1 Å². The highest BCUT2D eigenvalue weighted by molar-refractivity contribution is 6.11. The molecule has 3 fully saturated rings. The summed E-state index contributed by atoms with van der Waals surface area (Å²) in [5.41, 5.74) is -2.71. The quantitative estimate of drug-likeness (QED) is 0.461. The van der Waals surface area contributed by atoms with Crippen LogP contribution in [0.3, 0.4) is 0 Å². The summed E-state index contributed by atoms with van der Waals surface area (Å²) in [6.07, 6.45) is -2.46. The van der Waals surface area contributed by atoms with E-state index in [0.717, 1.165) is 23.5 Å². The van der Waals surface area contributed by atoms with Crippen LogP contribution >= 0.6 is 0 Å². The zero-order valence-corrected chi connectivity index (χ0v) is 18.9. The van der Waals surface area contributed by atoms with Crippen LogP contribution in [0.25, 0.3) is 0 Å². The summed E-state index contributed by atoms with van der Waals surface area (Å²) >= 11 is 0. The molecule has 0 spiro atoms. The van der Waals surface area contributed by atoms with Crippen LogP contribution in [0.5, 0.6) is 0 Å². The van der Waals surface area contributed by atoms with Gasteiger partial charge in [0.1, 0.15) is 6.04 Å². The van der Waals surface area contributed by atoms with E-state index in [0.29, 0.717) is 25.7 Å². The second kappa shape index (κ2) is 9.03. The minimum atomic E-state index is -4.65. The van der Waals surface area contributed by atoms with E-state index in [1.54, 1.807) is 6.92 Å². The molecule has 0 radical (unpaired) electrons. The van der Waals surface area contributed by atoms with Crippen molar-refractivity contribution < 1.29 is 37.1 Å². The van der Waals surface area contributed by atoms with Gasteiger partial charge in [0, 0.05) is 25.4 Å². The summed E-state index contributed by atoms with van der Waals surface area (Å²) in [6.45, 7) is 2.08. The number of hydrogen-bond donors (Lipinski definition) is 0. The van der Waals surface area contributed by atoms with E-state index < -0.39 is 53.3 Å². The third-order valence-corrected chi connectivity index (χ3v) is 6.84. The van der Waals surface area contributed by atoms with Crippen molar-refractivity contribution in [3.63, 3.8) is 0 Å². The Morgan fingerprint density at radius 2 is 1.88 bits per heavy atom. The van der Waals surface area contributed by atoms with Crippen molar-refractivity contribution in [3.05, 3.63) is 35.4 Å². The van der Waals surface area contributed by atoms with Gasteiger partial charge in [0.2, 0.25) is 17.7 Å². The fourth-order valence-electron chi connectivity index (χ4n) is 5.00. The number of carbonyl (C=O) groups is 4. The molecule has 0 bridgehead atoms. The minimum absolute atomic E-state index is 0.0122. The van der Waals surface area contributed by atoms with Crippen molar-refractivity contribution in [1.82, 2.24) is 9.80 Å². The Balaban J connectivity index is 1.71. The Kier molecular flexibility index (Phi) is 6.44. The van der Waals surface area contributed by atoms with Crippen molar-refractivity contribution in [2.45, 2.75) is 75.5 Å². The first-order valence-corrected chi connectivity index (χ1v) is 11.6. The number of hydrogen-bond acceptors (Lipinski definition) is 5. The van der Waals surface area contributed by atoms with Crippen LogP contribution in [-0.2, 0) is 35.5 Å². The first-order chi connectivity index (χ1) is 16.1. The number of carbonyl (C=O) groups excluding carboxylic acids is 4. The van der Waals surface area contributed by atoms with Gasteiger partial charge in [-0.2, -0.15) is 13.2 Å². The van der Waals surface area contributed by atoms with Crippen molar-refractivity contribution in [1.29, 1.82) is 0 Å². The maximum atomic E-state index is 13.6. The second-order valence-electron chi connectivity index (χ2n) is 9.17. The SMILES string of the molecule is CCOC(=O)[C@H]1CCCCN1C(=O)C[C@]1(c2cccc(C(F)(F)F)c2)CC(=O)N(C2CC2)C1=O. The van der Waals surface area contributed by atoms with Gasteiger partial charge in [-0.1, -0.05) is 18.2 Å². The molecule has 0 unspecified atom stereocenters. The number of halogens is 3. The Bertz CT molecular complexity index is 1010. The van der Waals surface area contributed by atoms with E-state index in [1.807, 2.05) is 0 Å². The van der Waals surface area contributed by atoms with Crippen LogP contribution in [0.2, 0.25) is 0 Å². The van der Waals surface area contributed by atoms with Crippen molar-refractivity contribution >= 4 is 23.7 Å². The van der Waals surface area contributed by atoms with Crippen LogP contribution < -0.4 is 0 Å². The minimum Gasteiger partial charge on any atom is -0.464 e. The van der Waals surface area contributed by atoms with E-state index in [4.69, 9.17) is 4.74 Å². The molecule has 7 nitrogen and oxygen atoms in total. The molecule has 1 aliphatic carbocycles. The topological polar surface area (TPSA) is 84.0 Å². The van der Waals surface area contributed by atoms with Crippen molar-refractivity contribution in [2.75, 3.05) is 13.2 Å². The summed E-state index contributed by atoms with van der Waals surface area (Å²) in [4.78, 5) is 54.8. The first kappa shape index (κ1) is 24.2. The summed E-state index contributed by atoms with van der Waals surface area (Å²) < 4.78 is 45.4. The lowest BCUT2D eigenvalue weighted by molar-refractivity contribution is -0.157. The van der Waals surface area contributed by atoms with E-state index >= 15 is 0 Å². The van der Waals surface area contributed by atoms with E-state index in [-0.39, 0.29) is 31.2 Å². The molecular formula is C24H27F3N2O5. The van der Waals surface area contributed by atoms with E-state index in [1.165, 1.54) is 17.0 Å². The van der Waals surface area contributed by atoms with Gasteiger partial charge in [-0.25, -0.2) is 4.79 Å². The molecule has 3 amide bonds. The average Bonchev–Trinajstić information content (AvgIpc) is 3.59. The molecule has 10 heteroatoms. The highest BCUT2D eigenvalue weighted by atomic mass is 19.4. The molecule has 3 aliphatic rings. The molecule has 2 heterocycles. The summed E-state index contributed by atoms with van der Waals surface area (Å²) in [7, 11) is 0. The van der Waals surface area contributed by atoms with Crippen molar-refractivity contribution in [3.8, 4) is 0 Å². The number of piperidine rings is 1. The van der Waals surface area contributed by atoms with Gasteiger partial charge in [-0.15, -0.1) is 0 Å². The average molecular weight is 480 g/mol. The number of nitrogens with zero attached hydrogens (tertiary/aromatic N) is 2. The van der Waals surface area contributed by atoms with Gasteiger partial charge in [0.25, 0.3) is 0 Å². The third-order valence-electron chi connectivity index (χ3n) is 6.84. The molecule has 184 valence electrons. The molecule has 1 aromatic carbocycles. The number of ether oxygens (including phenoxy) is 1. The first-order valence-electron chi connectivity index (χ1n) is 11.6. The lowest BCUT2D eigenvalue weighted by Gasteiger charge is -2.36. The van der Waals surface area contributed by atoms with Crippen LogP contribution in [0.1, 0.15) is 63.0 Å². The van der Waals surface area contributed by atoms with Crippen LogP contribution in [0.15, 0.2) is 24.3 Å². The number of amides is 3. The lowest BCUT2D eigenvalue weighted by atomic mass is 9.75. The third kappa shape index (κ3) is 4.42. The molecule has 2 atom stereocenters. The standard InChI is InChI=1S/C24H27F3N2O5/c1-2-34-21(32)18-8-3-4-11-28(18)19(30)13-23(14-20(31)29(22(23)33)17-9-10-17)15-6-5-7-16(12-15)24(25,26)27/h5-7,12,17-18H,2-4,8-11,13-14H2,1H3/t18-,23-/m1/s1.